The SMILES string of the molecule is CC(C)NC(=O)NC1CCC(CS)CC1. The first-order chi connectivity index (χ1) is 7.11. The van der Waals surface area contributed by atoms with Gasteiger partial charge in [-0.2, -0.15) is 12.6 Å². The van der Waals surface area contributed by atoms with Crippen molar-refractivity contribution >= 4 is 18.7 Å². The van der Waals surface area contributed by atoms with Gasteiger partial charge in [-0.25, -0.2) is 4.79 Å². The molecule has 0 spiro atoms. The van der Waals surface area contributed by atoms with E-state index in [9.17, 15) is 4.79 Å². The number of hydrogen-bond donors (Lipinski definition) is 3. The van der Waals surface area contributed by atoms with Crippen molar-refractivity contribution in [2.75, 3.05) is 5.75 Å². The molecular weight excluding hydrogens is 208 g/mol. The lowest BCUT2D eigenvalue weighted by molar-refractivity contribution is 0.226. The zero-order valence-corrected chi connectivity index (χ0v) is 10.5. The van der Waals surface area contributed by atoms with E-state index in [2.05, 4.69) is 23.3 Å². The van der Waals surface area contributed by atoms with E-state index in [-0.39, 0.29) is 12.1 Å². The number of amides is 2. The lowest BCUT2D eigenvalue weighted by atomic mass is 9.87. The molecule has 0 aromatic heterocycles. The van der Waals surface area contributed by atoms with Gasteiger partial charge in [-0.15, -0.1) is 0 Å². The van der Waals surface area contributed by atoms with E-state index < -0.39 is 0 Å². The Balaban J connectivity index is 2.20. The van der Waals surface area contributed by atoms with Gasteiger partial charge in [0.25, 0.3) is 0 Å². The number of carbonyl (C=O) groups is 1. The molecule has 0 heterocycles. The molecular formula is C11H22N2OS. The van der Waals surface area contributed by atoms with Crippen LogP contribution in [0.25, 0.3) is 0 Å². The highest BCUT2D eigenvalue weighted by Gasteiger charge is 2.21. The van der Waals surface area contributed by atoms with Crippen LogP contribution in [0.5, 0.6) is 0 Å². The second-order valence-electron chi connectivity index (χ2n) is 4.67. The Morgan fingerprint density at radius 1 is 1.33 bits per heavy atom. The molecule has 1 aliphatic rings. The van der Waals surface area contributed by atoms with Gasteiger partial charge in [-0.05, 0) is 51.2 Å². The second kappa shape index (κ2) is 6.26. The van der Waals surface area contributed by atoms with Crippen LogP contribution >= 0.6 is 12.6 Å². The van der Waals surface area contributed by atoms with Crippen molar-refractivity contribution in [3.63, 3.8) is 0 Å². The summed E-state index contributed by atoms with van der Waals surface area (Å²) in [5.74, 6) is 1.73. The van der Waals surface area contributed by atoms with Crippen LogP contribution in [0.4, 0.5) is 4.79 Å². The molecule has 3 nitrogen and oxygen atoms in total. The smallest absolute Gasteiger partial charge is 0.315 e. The van der Waals surface area contributed by atoms with Gasteiger partial charge in [0.05, 0.1) is 0 Å². The van der Waals surface area contributed by atoms with E-state index in [0.717, 1.165) is 24.5 Å². The van der Waals surface area contributed by atoms with E-state index in [1.165, 1.54) is 12.8 Å². The minimum atomic E-state index is -0.0284. The monoisotopic (exact) mass is 230 g/mol. The lowest BCUT2D eigenvalue weighted by Crippen LogP contribution is -2.45. The minimum absolute atomic E-state index is 0.0284. The molecule has 1 aliphatic carbocycles. The largest absolute Gasteiger partial charge is 0.336 e. The minimum Gasteiger partial charge on any atom is -0.336 e. The molecule has 1 saturated carbocycles. The van der Waals surface area contributed by atoms with Crippen LogP contribution < -0.4 is 10.6 Å². The van der Waals surface area contributed by atoms with Gasteiger partial charge in [-0.1, -0.05) is 0 Å². The molecule has 15 heavy (non-hydrogen) atoms. The number of urea groups is 1. The second-order valence-corrected chi connectivity index (χ2v) is 5.04. The third kappa shape index (κ3) is 4.78. The highest BCUT2D eigenvalue weighted by molar-refractivity contribution is 7.80. The summed E-state index contributed by atoms with van der Waals surface area (Å²) in [7, 11) is 0. The summed E-state index contributed by atoms with van der Waals surface area (Å²) in [6.45, 7) is 3.94. The summed E-state index contributed by atoms with van der Waals surface area (Å²) in [5, 5.41) is 5.87. The Bertz CT molecular complexity index is 201. The summed E-state index contributed by atoms with van der Waals surface area (Å²) in [4.78, 5) is 11.4. The van der Waals surface area contributed by atoms with Crippen molar-refractivity contribution in [2.24, 2.45) is 5.92 Å². The third-order valence-corrected chi connectivity index (χ3v) is 3.38. The van der Waals surface area contributed by atoms with Crippen LogP contribution in [0.2, 0.25) is 0 Å². The van der Waals surface area contributed by atoms with Gasteiger partial charge < -0.3 is 10.6 Å². The van der Waals surface area contributed by atoms with Crippen LogP contribution in [0.3, 0.4) is 0 Å². The highest BCUT2D eigenvalue weighted by atomic mass is 32.1. The molecule has 2 N–H and O–H groups in total. The average Bonchev–Trinajstić information content (AvgIpc) is 2.17. The van der Waals surface area contributed by atoms with Crippen LogP contribution in [-0.4, -0.2) is 23.9 Å². The zero-order chi connectivity index (χ0) is 11.3. The van der Waals surface area contributed by atoms with Gasteiger partial charge in [0.1, 0.15) is 0 Å². The summed E-state index contributed by atoms with van der Waals surface area (Å²) < 4.78 is 0. The number of nitrogens with one attached hydrogen (secondary N) is 2. The predicted octanol–water partition coefficient (Wildman–Crippen LogP) is 2.18. The highest BCUT2D eigenvalue weighted by Crippen LogP contribution is 2.24. The van der Waals surface area contributed by atoms with Crippen molar-refractivity contribution in [2.45, 2.75) is 51.6 Å². The molecule has 88 valence electrons. The Morgan fingerprint density at radius 2 is 1.93 bits per heavy atom. The van der Waals surface area contributed by atoms with Gasteiger partial charge in [0.15, 0.2) is 0 Å². The molecule has 4 heteroatoms. The van der Waals surface area contributed by atoms with Gasteiger partial charge >= 0.3 is 6.03 Å². The fraction of sp³-hybridized carbons (Fsp3) is 0.909. The third-order valence-electron chi connectivity index (χ3n) is 2.86. The summed E-state index contributed by atoms with van der Waals surface area (Å²) in [5.41, 5.74) is 0. The van der Waals surface area contributed by atoms with Crippen LogP contribution in [0.15, 0.2) is 0 Å². The molecule has 0 saturated heterocycles. The maximum Gasteiger partial charge on any atom is 0.315 e. The Kier molecular flexibility index (Phi) is 5.29. The summed E-state index contributed by atoms with van der Waals surface area (Å²) >= 11 is 4.31. The van der Waals surface area contributed by atoms with E-state index in [4.69, 9.17) is 0 Å². The Labute approximate surface area is 97.8 Å². The first-order valence-corrected chi connectivity index (χ1v) is 6.43. The van der Waals surface area contributed by atoms with Crippen molar-refractivity contribution in [1.29, 1.82) is 0 Å². The molecule has 1 rings (SSSR count). The van der Waals surface area contributed by atoms with Crippen molar-refractivity contribution in [3.8, 4) is 0 Å². The number of hydrogen-bond acceptors (Lipinski definition) is 2. The molecule has 0 aromatic carbocycles. The molecule has 0 atom stereocenters. The maximum atomic E-state index is 11.4. The Hall–Kier alpha value is -0.380. The van der Waals surface area contributed by atoms with E-state index in [0.29, 0.717) is 6.04 Å². The predicted molar refractivity (Wildman–Crippen MR) is 66.4 cm³/mol. The average molecular weight is 230 g/mol. The number of rotatable bonds is 3. The molecule has 0 bridgehead atoms. The summed E-state index contributed by atoms with van der Waals surface area (Å²) in [6, 6.07) is 0.540. The standard InChI is InChI=1S/C11H22N2OS/c1-8(2)12-11(14)13-10-5-3-9(7-15)4-6-10/h8-10,15H,3-7H2,1-2H3,(H2,12,13,14). The van der Waals surface area contributed by atoms with Gasteiger partial charge in [-0.3, -0.25) is 0 Å². The van der Waals surface area contributed by atoms with E-state index in [1.54, 1.807) is 0 Å². The van der Waals surface area contributed by atoms with E-state index >= 15 is 0 Å². The summed E-state index contributed by atoms with van der Waals surface area (Å²) in [6.07, 6.45) is 4.57. The van der Waals surface area contributed by atoms with E-state index in [1.807, 2.05) is 13.8 Å². The fourth-order valence-corrected chi connectivity index (χ4v) is 2.34. The van der Waals surface area contributed by atoms with Crippen LogP contribution in [-0.2, 0) is 0 Å². The van der Waals surface area contributed by atoms with Crippen molar-refractivity contribution < 1.29 is 4.79 Å². The van der Waals surface area contributed by atoms with Gasteiger partial charge in [0, 0.05) is 12.1 Å². The van der Waals surface area contributed by atoms with Crippen molar-refractivity contribution in [1.82, 2.24) is 10.6 Å². The molecule has 2 amide bonds. The maximum absolute atomic E-state index is 11.4. The molecule has 1 fully saturated rings. The van der Waals surface area contributed by atoms with Crippen LogP contribution in [0.1, 0.15) is 39.5 Å². The molecule has 0 aromatic rings. The molecule has 0 unspecified atom stereocenters. The van der Waals surface area contributed by atoms with Crippen molar-refractivity contribution in [3.05, 3.63) is 0 Å². The first-order valence-electron chi connectivity index (χ1n) is 5.79. The molecule has 0 aliphatic heterocycles. The fourth-order valence-electron chi connectivity index (χ4n) is 1.98. The number of thiol groups is 1. The van der Waals surface area contributed by atoms with Gasteiger partial charge in [0.2, 0.25) is 0 Å². The molecule has 0 radical (unpaired) electrons. The van der Waals surface area contributed by atoms with Crippen LogP contribution in [0, 0.1) is 5.92 Å². The normalized spacial score (nSPS) is 26.4. The quantitative estimate of drug-likeness (QED) is 0.639. The first kappa shape index (κ1) is 12.7. The lowest BCUT2D eigenvalue weighted by Gasteiger charge is -2.28. The Morgan fingerprint density at radius 3 is 2.40 bits per heavy atom. The zero-order valence-electron chi connectivity index (χ0n) is 9.62. The topological polar surface area (TPSA) is 41.1 Å². The number of carbonyl (C=O) groups excluding carboxylic acids is 1.